The topological polar surface area (TPSA) is 100 Å². The van der Waals surface area contributed by atoms with E-state index in [9.17, 15) is 19.0 Å². The first-order valence-corrected chi connectivity index (χ1v) is 11.0. The van der Waals surface area contributed by atoms with Gasteiger partial charge in [0.2, 0.25) is 0 Å². The van der Waals surface area contributed by atoms with E-state index in [-0.39, 0.29) is 36.7 Å². The smallest absolute Gasteiger partial charge is 0.193 e. The summed E-state index contributed by atoms with van der Waals surface area (Å²) >= 11 is 0. The highest BCUT2D eigenvalue weighted by Gasteiger charge is 2.48. The van der Waals surface area contributed by atoms with Crippen molar-refractivity contribution in [2.45, 2.75) is 36.9 Å². The minimum absolute atomic E-state index is 0.169. The Kier molecular flexibility index (Phi) is 4.98. The fourth-order valence-corrected chi connectivity index (χ4v) is 4.86. The van der Waals surface area contributed by atoms with Gasteiger partial charge in [-0.25, -0.2) is 13.8 Å². The van der Waals surface area contributed by atoms with E-state index in [2.05, 4.69) is 9.97 Å². The largest absolute Gasteiger partial charge is 0.470 e. The highest BCUT2D eigenvalue weighted by molar-refractivity contribution is 5.81. The minimum Gasteiger partial charge on any atom is -0.470 e. The second-order valence-corrected chi connectivity index (χ2v) is 8.76. The molecule has 3 aromatic rings. The zero-order valence-electron chi connectivity index (χ0n) is 17.6. The van der Waals surface area contributed by atoms with Crippen molar-refractivity contribution in [3.63, 3.8) is 0 Å². The summed E-state index contributed by atoms with van der Waals surface area (Å²) in [5.74, 6) is -0.995. The third kappa shape index (κ3) is 3.63. The molecule has 1 aromatic carbocycles. The molecule has 3 saturated heterocycles. The lowest BCUT2D eigenvalue weighted by Gasteiger charge is -2.19. The summed E-state index contributed by atoms with van der Waals surface area (Å²) in [6.07, 6.45) is -1.72. The summed E-state index contributed by atoms with van der Waals surface area (Å²) in [5, 5.41) is 19.6. The van der Waals surface area contributed by atoms with Gasteiger partial charge in [0.15, 0.2) is 12.0 Å². The normalized spacial score (nSPS) is 29.2. The van der Waals surface area contributed by atoms with Crippen LogP contribution in [0, 0.1) is 11.6 Å². The number of benzene rings is 1. The van der Waals surface area contributed by atoms with Crippen molar-refractivity contribution in [2.75, 3.05) is 31.2 Å². The van der Waals surface area contributed by atoms with E-state index in [0.29, 0.717) is 42.1 Å². The van der Waals surface area contributed by atoms with Gasteiger partial charge in [0.05, 0.1) is 41.6 Å². The summed E-state index contributed by atoms with van der Waals surface area (Å²) < 4.78 is 47.0. The van der Waals surface area contributed by atoms with Gasteiger partial charge in [-0.05, 0) is 30.7 Å². The molecule has 10 heteroatoms. The maximum absolute atomic E-state index is 14.9. The molecule has 0 radical (unpaired) electrons. The molecule has 3 aliphatic heterocycles. The molecule has 8 nitrogen and oxygen atoms in total. The number of ether oxygens (including phenoxy) is 3. The van der Waals surface area contributed by atoms with Crippen LogP contribution in [0.4, 0.5) is 14.5 Å². The number of fused-ring (bicyclic) bond motifs is 2. The molecule has 3 aliphatic rings. The van der Waals surface area contributed by atoms with E-state index < -0.39 is 29.9 Å². The van der Waals surface area contributed by atoms with E-state index >= 15 is 0 Å². The third-order valence-electron chi connectivity index (χ3n) is 6.52. The number of halogens is 2. The van der Waals surface area contributed by atoms with Crippen molar-refractivity contribution in [1.82, 2.24) is 9.97 Å². The number of pyridine rings is 1. The molecule has 5 atom stereocenters. The molecule has 0 saturated carbocycles. The van der Waals surface area contributed by atoms with Gasteiger partial charge in [-0.3, -0.25) is 0 Å². The number of hydrogen-bond donors (Lipinski definition) is 3. The van der Waals surface area contributed by atoms with Crippen molar-refractivity contribution in [3.05, 3.63) is 42.0 Å². The summed E-state index contributed by atoms with van der Waals surface area (Å²) in [6, 6.07) is 7.46. The van der Waals surface area contributed by atoms with Gasteiger partial charge in [-0.1, -0.05) is 0 Å². The number of H-pyrrole nitrogens is 1. The van der Waals surface area contributed by atoms with Gasteiger partial charge >= 0.3 is 0 Å². The molecule has 6 rings (SSSR count). The van der Waals surface area contributed by atoms with Gasteiger partial charge in [0.25, 0.3) is 0 Å². The van der Waals surface area contributed by atoms with E-state index in [1.54, 1.807) is 23.1 Å². The summed E-state index contributed by atoms with van der Waals surface area (Å²) in [6.45, 7) is 1.40. The van der Waals surface area contributed by atoms with Crippen LogP contribution in [-0.4, -0.2) is 77.0 Å². The van der Waals surface area contributed by atoms with Gasteiger partial charge in [-0.2, -0.15) is 0 Å². The lowest BCUT2D eigenvalue weighted by atomic mass is 10.1. The average Bonchev–Trinajstić information content (AvgIpc) is 3.54. The molecule has 3 N–H and O–H groups in total. The van der Waals surface area contributed by atoms with Crippen LogP contribution < -0.4 is 9.64 Å². The van der Waals surface area contributed by atoms with E-state index in [4.69, 9.17) is 14.2 Å². The Morgan fingerprint density at radius 2 is 1.85 bits per heavy atom. The van der Waals surface area contributed by atoms with Gasteiger partial charge < -0.3 is 34.3 Å². The van der Waals surface area contributed by atoms with E-state index in [1.807, 2.05) is 0 Å². The molecular weight excluding hydrogens is 436 g/mol. The predicted octanol–water partition coefficient (Wildman–Crippen LogP) is 1.98. The Labute approximate surface area is 187 Å². The molecular formula is C23H23F2N3O5. The molecule has 33 heavy (non-hydrogen) atoms. The number of anilines is 1. The predicted molar refractivity (Wildman–Crippen MR) is 114 cm³/mol. The summed E-state index contributed by atoms with van der Waals surface area (Å²) in [4.78, 5) is 9.29. The average molecular weight is 459 g/mol. The number of aromatic amines is 1. The van der Waals surface area contributed by atoms with Crippen LogP contribution in [0.1, 0.15) is 6.42 Å². The molecule has 3 fully saturated rings. The highest BCUT2D eigenvalue weighted by atomic mass is 19.1. The van der Waals surface area contributed by atoms with Crippen LogP contribution in [0.3, 0.4) is 0 Å². The monoisotopic (exact) mass is 459 g/mol. The quantitative estimate of drug-likeness (QED) is 0.549. The SMILES string of the molecule is O[C@@H]1CCN(c2cc(F)c(-c3ccc4[nH]c(O[C@@H]5COC6C5OC[C@H]6O)cc4n3)c(F)c2)C1. The second kappa shape index (κ2) is 7.91. The van der Waals surface area contributed by atoms with E-state index in [1.165, 1.54) is 12.1 Å². The maximum atomic E-state index is 14.9. The van der Waals surface area contributed by atoms with Crippen LogP contribution >= 0.6 is 0 Å². The maximum Gasteiger partial charge on any atom is 0.193 e. The van der Waals surface area contributed by atoms with Crippen LogP contribution in [0.15, 0.2) is 30.3 Å². The zero-order valence-corrected chi connectivity index (χ0v) is 17.6. The molecule has 0 bridgehead atoms. The Balaban J connectivity index is 1.26. The van der Waals surface area contributed by atoms with Gasteiger partial charge in [-0.15, -0.1) is 0 Å². The summed E-state index contributed by atoms with van der Waals surface area (Å²) in [7, 11) is 0. The number of aromatic nitrogens is 2. The Hall–Kier alpha value is -2.79. The number of hydrogen-bond acceptors (Lipinski definition) is 7. The van der Waals surface area contributed by atoms with Crippen LogP contribution in [-0.2, 0) is 9.47 Å². The summed E-state index contributed by atoms with van der Waals surface area (Å²) in [5.41, 5.74) is 1.52. The van der Waals surface area contributed by atoms with Crippen LogP contribution in [0.5, 0.6) is 5.88 Å². The fourth-order valence-electron chi connectivity index (χ4n) is 4.86. The van der Waals surface area contributed by atoms with Crippen molar-refractivity contribution in [3.8, 4) is 17.1 Å². The van der Waals surface area contributed by atoms with E-state index in [0.717, 1.165) is 0 Å². The number of aliphatic hydroxyl groups excluding tert-OH is 2. The first-order chi connectivity index (χ1) is 16.0. The van der Waals surface area contributed by atoms with Crippen molar-refractivity contribution < 1.29 is 33.2 Å². The van der Waals surface area contributed by atoms with Crippen LogP contribution in [0.2, 0.25) is 0 Å². The van der Waals surface area contributed by atoms with Crippen molar-refractivity contribution in [2.24, 2.45) is 0 Å². The van der Waals surface area contributed by atoms with Crippen molar-refractivity contribution in [1.29, 1.82) is 0 Å². The Bertz CT molecular complexity index is 1180. The number of aliphatic hydroxyl groups is 2. The number of β-amino-alcohol motifs (C(OH)–C–C–N with tert-alkyl or cyclic N) is 1. The molecule has 174 valence electrons. The molecule has 0 spiro atoms. The highest BCUT2D eigenvalue weighted by Crippen LogP contribution is 2.33. The number of nitrogens with zero attached hydrogens (tertiary/aromatic N) is 2. The fraction of sp³-hybridized carbons (Fsp3) is 0.435. The Morgan fingerprint density at radius 1 is 1.06 bits per heavy atom. The molecule has 0 amide bonds. The third-order valence-corrected chi connectivity index (χ3v) is 6.52. The van der Waals surface area contributed by atoms with Gasteiger partial charge in [0.1, 0.15) is 29.9 Å². The molecule has 5 heterocycles. The Morgan fingerprint density at radius 3 is 2.61 bits per heavy atom. The standard InChI is InChI=1S/C23H23F2N3O5/c24-13-5-11(28-4-3-12(29)8-28)6-14(25)21(13)16-2-1-15-17(26-16)7-20(27-15)33-19-10-32-22-18(30)9-31-23(19)22/h1-2,5-7,12,18-19,22-23,27,29-30H,3-4,8-10H2/t12-,18-,19-,22?,23?/m1/s1. The lowest BCUT2D eigenvalue weighted by Crippen LogP contribution is -2.34. The second-order valence-electron chi connectivity index (χ2n) is 8.76. The number of rotatable bonds is 4. The molecule has 2 aromatic heterocycles. The minimum atomic E-state index is -0.712. The van der Waals surface area contributed by atoms with Gasteiger partial charge in [0, 0.05) is 24.8 Å². The first kappa shape index (κ1) is 20.8. The van der Waals surface area contributed by atoms with Crippen molar-refractivity contribution >= 4 is 16.7 Å². The molecule has 0 aliphatic carbocycles. The first-order valence-electron chi connectivity index (χ1n) is 11.0. The zero-order chi connectivity index (χ0) is 22.7. The lowest BCUT2D eigenvalue weighted by molar-refractivity contribution is 0.00794. The van der Waals surface area contributed by atoms with Crippen LogP contribution in [0.25, 0.3) is 22.3 Å². The number of nitrogens with one attached hydrogen (secondary N) is 1. The molecule has 2 unspecified atom stereocenters.